The molecule has 3 rings (SSSR count). The molecule has 0 amide bonds. The summed E-state index contributed by atoms with van der Waals surface area (Å²) >= 11 is 0. The van der Waals surface area contributed by atoms with Crippen molar-refractivity contribution >= 4 is 5.97 Å². The van der Waals surface area contributed by atoms with Crippen molar-refractivity contribution in [2.24, 2.45) is 14.1 Å². The van der Waals surface area contributed by atoms with E-state index in [4.69, 9.17) is 5.11 Å². The zero-order chi connectivity index (χ0) is 19.2. The molecule has 0 radical (unpaired) electrons. The van der Waals surface area contributed by atoms with Gasteiger partial charge in [0.25, 0.3) is 0 Å². The Morgan fingerprint density at radius 2 is 1.65 bits per heavy atom. The van der Waals surface area contributed by atoms with Crippen molar-refractivity contribution in [1.82, 2.24) is 24.1 Å². The van der Waals surface area contributed by atoms with Crippen LogP contribution in [0.3, 0.4) is 0 Å². The Bertz CT molecular complexity index is 1010. The molecule has 136 valence electrons. The van der Waals surface area contributed by atoms with E-state index in [-0.39, 0.29) is 11.3 Å². The highest BCUT2D eigenvalue weighted by molar-refractivity contribution is 5.85. The molecule has 9 heteroatoms. The summed E-state index contributed by atoms with van der Waals surface area (Å²) in [4.78, 5) is 23.0. The number of halogens is 2. The summed E-state index contributed by atoms with van der Waals surface area (Å²) in [6.07, 6.45) is 3.03. The van der Waals surface area contributed by atoms with Gasteiger partial charge in [-0.15, -0.1) is 0 Å². The van der Waals surface area contributed by atoms with E-state index in [1.165, 1.54) is 12.3 Å². The third-order valence-electron chi connectivity index (χ3n) is 4.18. The van der Waals surface area contributed by atoms with Gasteiger partial charge in [0.1, 0.15) is 11.6 Å². The van der Waals surface area contributed by atoms with Gasteiger partial charge in [0, 0.05) is 26.5 Å². The van der Waals surface area contributed by atoms with Crippen molar-refractivity contribution in [3.05, 3.63) is 53.8 Å². The molecule has 3 heterocycles. The standard InChI is InChI=1S/C17H17F2N5O2/c1-17(2,16-21-11(14(25)26)8-24(16)4)15-20-10(7-23(15)3)9-5-6-12(18)22-13(9)19/h5-8H,1-4H3,(H,25,26). The highest BCUT2D eigenvalue weighted by Crippen LogP contribution is 2.32. The van der Waals surface area contributed by atoms with E-state index in [0.717, 1.165) is 6.07 Å². The Morgan fingerprint density at radius 3 is 2.23 bits per heavy atom. The number of pyridine rings is 1. The van der Waals surface area contributed by atoms with Gasteiger partial charge in [-0.05, 0) is 26.0 Å². The average molecular weight is 361 g/mol. The van der Waals surface area contributed by atoms with Gasteiger partial charge >= 0.3 is 5.97 Å². The fraction of sp³-hybridized carbons (Fsp3) is 0.294. The molecule has 0 saturated heterocycles. The van der Waals surface area contributed by atoms with Crippen LogP contribution >= 0.6 is 0 Å². The largest absolute Gasteiger partial charge is 0.476 e. The van der Waals surface area contributed by atoms with Crippen molar-refractivity contribution in [3.63, 3.8) is 0 Å². The van der Waals surface area contributed by atoms with E-state index in [1.54, 1.807) is 29.4 Å². The van der Waals surface area contributed by atoms with E-state index in [9.17, 15) is 13.6 Å². The molecule has 3 aromatic heterocycles. The monoisotopic (exact) mass is 361 g/mol. The maximum absolute atomic E-state index is 14.0. The molecule has 0 fully saturated rings. The number of nitrogens with zero attached hydrogens (tertiary/aromatic N) is 5. The first-order valence-electron chi connectivity index (χ1n) is 7.74. The van der Waals surface area contributed by atoms with Crippen molar-refractivity contribution in [3.8, 4) is 11.3 Å². The van der Waals surface area contributed by atoms with Crippen LogP contribution in [-0.4, -0.2) is 35.2 Å². The van der Waals surface area contributed by atoms with Gasteiger partial charge in [-0.2, -0.15) is 13.8 Å². The molecule has 0 unspecified atom stereocenters. The highest BCUT2D eigenvalue weighted by atomic mass is 19.1. The Kier molecular flexibility index (Phi) is 4.09. The third-order valence-corrected chi connectivity index (χ3v) is 4.18. The van der Waals surface area contributed by atoms with Crippen LogP contribution in [0, 0.1) is 11.9 Å². The van der Waals surface area contributed by atoms with Crippen LogP contribution in [0.4, 0.5) is 8.78 Å². The number of aromatic nitrogens is 5. The molecule has 3 aromatic rings. The first-order valence-corrected chi connectivity index (χ1v) is 7.74. The average Bonchev–Trinajstić information content (AvgIpc) is 3.11. The molecule has 0 bridgehead atoms. The molecular weight excluding hydrogens is 344 g/mol. The number of carboxylic acid groups (broad SMARTS) is 1. The maximum atomic E-state index is 14.0. The Morgan fingerprint density at radius 1 is 1.04 bits per heavy atom. The van der Waals surface area contributed by atoms with Crippen molar-refractivity contribution in [1.29, 1.82) is 0 Å². The third kappa shape index (κ3) is 2.85. The minimum absolute atomic E-state index is 0.0706. The Labute approximate surface area is 148 Å². The molecule has 7 nitrogen and oxygen atoms in total. The van der Waals surface area contributed by atoms with E-state index in [2.05, 4.69) is 15.0 Å². The molecule has 0 aromatic carbocycles. The van der Waals surface area contributed by atoms with Crippen LogP contribution in [0.25, 0.3) is 11.3 Å². The Balaban J connectivity index is 2.09. The molecule has 0 saturated carbocycles. The normalized spacial score (nSPS) is 11.8. The number of hydrogen-bond acceptors (Lipinski definition) is 4. The molecule has 26 heavy (non-hydrogen) atoms. The summed E-state index contributed by atoms with van der Waals surface area (Å²) < 4.78 is 30.3. The number of aromatic carboxylic acids is 1. The predicted molar refractivity (Wildman–Crippen MR) is 88.7 cm³/mol. The maximum Gasteiger partial charge on any atom is 0.356 e. The highest BCUT2D eigenvalue weighted by Gasteiger charge is 2.34. The number of rotatable bonds is 4. The summed E-state index contributed by atoms with van der Waals surface area (Å²) in [7, 11) is 3.44. The molecular formula is C17H17F2N5O2. The number of carboxylic acids is 1. The van der Waals surface area contributed by atoms with Gasteiger partial charge in [0.15, 0.2) is 5.69 Å². The first kappa shape index (κ1) is 17.7. The second-order valence-corrected chi connectivity index (χ2v) is 6.52. The van der Waals surface area contributed by atoms with Gasteiger partial charge in [-0.3, -0.25) is 0 Å². The topological polar surface area (TPSA) is 85.8 Å². The number of hydrogen-bond donors (Lipinski definition) is 1. The van der Waals surface area contributed by atoms with E-state index >= 15 is 0 Å². The summed E-state index contributed by atoms with van der Waals surface area (Å²) in [6, 6.07) is 2.34. The lowest BCUT2D eigenvalue weighted by atomic mass is 9.91. The van der Waals surface area contributed by atoms with Crippen molar-refractivity contribution in [2.75, 3.05) is 0 Å². The van der Waals surface area contributed by atoms with E-state index in [1.807, 2.05) is 13.8 Å². The molecule has 0 aliphatic heterocycles. The minimum atomic E-state index is -1.12. The number of carbonyl (C=O) groups is 1. The van der Waals surface area contributed by atoms with Crippen LogP contribution < -0.4 is 0 Å². The zero-order valence-electron chi connectivity index (χ0n) is 14.7. The van der Waals surface area contributed by atoms with Crippen LogP contribution in [0.2, 0.25) is 0 Å². The second kappa shape index (κ2) is 6.01. The van der Waals surface area contributed by atoms with E-state index in [0.29, 0.717) is 17.3 Å². The smallest absolute Gasteiger partial charge is 0.356 e. The minimum Gasteiger partial charge on any atom is -0.476 e. The molecule has 0 spiro atoms. The second-order valence-electron chi connectivity index (χ2n) is 6.52. The van der Waals surface area contributed by atoms with Gasteiger partial charge in [0.2, 0.25) is 11.9 Å². The molecule has 1 N–H and O–H groups in total. The quantitative estimate of drug-likeness (QED) is 0.722. The zero-order valence-corrected chi connectivity index (χ0v) is 14.7. The molecule has 0 atom stereocenters. The summed E-state index contributed by atoms with van der Waals surface area (Å²) in [5.41, 5.74) is -0.457. The fourth-order valence-electron chi connectivity index (χ4n) is 3.03. The van der Waals surface area contributed by atoms with E-state index < -0.39 is 23.3 Å². The summed E-state index contributed by atoms with van der Waals surface area (Å²) in [5.74, 6) is -1.94. The van der Waals surface area contributed by atoms with Crippen LogP contribution in [0.5, 0.6) is 0 Å². The van der Waals surface area contributed by atoms with Crippen LogP contribution in [0.1, 0.15) is 36.0 Å². The van der Waals surface area contributed by atoms with Gasteiger partial charge in [-0.1, -0.05) is 0 Å². The number of imidazole rings is 2. The number of aryl methyl sites for hydroxylation is 2. The molecule has 0 aliphatic carbocycles. The van der Waals surface area contributed by atoms with Gasteiger partial charge < -0.3 is 14.2 Å². The van der Waals surface area contributed by atoms with Crippen molar-refractivity contribution in [2.45, 2.75) is 19.3 Å². The predicted octanol–water partition coefficient (Wildman–Crippen LogP) is 2.52. The SMILES string of the molecule is Cn1cc(C(=O)O)nc1C(C)(C)c1nc(-c2ccc(F)nc2F)cn1C. The van der Waals surface area contributed by atoms with Crippen molar-refractivity contribution < 1.29 is 18.7 Å². The first-order chi connectivity index (χ1) is 12.1. The van der Waals surface area contributed by atoms with Crippen LogP contribution in [0.15, 0.2) is 24.5 Å². The Hall–Kier alpha value is -3.10. The lowest BCUT2D eigenvalue weighted by Gasteiger charge is -2.23. The van der Waals surface area contributed by atoms with Gasteiger partial charge in [-0.25, -0.2) is 14.8 Å². The molecule has 0 aliphatic rings. The lowest BCUT2D eigenvalue weighted by Crippen LogP contribution is -2.27. The van der Waals surface area contributed by atoms with Crippen LogP contribution in [-0.2, 0) is 19.5 Å². The lowest BCUT2D eigenvalue weighted by molar-refractivity contribution is 0.0690. The van der Waals surface area contributed by atoms with Gasteiger partial charge in [0.05, 0.1) is 16.7 Å². The summed E-state index contributed by atoms with van der Waals surface area (Å²) in [6.45, 7) is 3.68. The summed E-state index contributed by atoms with van der Waals surface area (Å²) in [5, 5.41) is 9.14. The fourth-order valence-corrected chi connectivity index (χ4v) is 3.03.